The molecule has 1 aromatic heterocycles. The number of nitrogens with zero attached hydrogens (tertiary/aromatic N) is 2. The van der Waals surface area contributed by atoms with Gasteiger partial charge in [0.15, 0.2) is 0 Å². The van der Waals surface area contributed by atoms with E-state index in [4.69, 9.17) is 10.7 Å². The SMILES string of the molecule is Nc1c(-c2ccc(F)cc2)nc(C2CC2)n1C1CC1. The normalized spacial score (nSPS) is 18.8. The van der Waals surface area contributed by atoms with E-state index in [2.05, 4.69) is 4.57 Å². The van der Waals surface area contributed by atoms with Crippen LogP contribution in [0, 0.1) is 5.82 Å². The Labute approximate surface area is 111 Å². The summed E-state index contributed by atoms with van der Waals surface area (Å²) in [7, 11) is 0. The Balaban J connectivity index is 1.83. The van der Waals surface area contributed by atoms with Gasteiger partial charge < -0.3 is 10.3 Å². The van der Waals surface area contributed by atoms with Gasteiger partial charge in [0.05, 0.1) is 0 Å². The fraction of sp³-hybridized carbons (Fsp3) is 0.400. The van der Waals surface area contributed by atoms with Crippen molar-refractivity contribution in [2.24, 2.45) is 0 Å². The van der Waals surface area contributed by atoms with Gasteiger partial charge in [-0.3, -0.25) is 0 Å². The lowest BCUT2D eigenvalue weighted by Crippen LogP contribution is -2.04. The zero-order valence-corrected chi connectivity index (χ0v) is 10.6. The molecule has 0 atom stereocenters. The van der Waals surface area contributed by atoms with E-state index >= 15 is 0 Å². The molecular formula is C15H16FN3. The first-order valence-corrected chi connectivity index (χ1v) is 6.87. The first kappa shape index (κ1) is 11.0. The molecule has 0 bridgehead atoms. The first-order valence-electron chi connectivity index (χ1n) is 6.87. The van der Waals surface area contributed by atoms with Crippen LogP contribution in [0.2, 0.25) is 0 Å². The van der Waals surface area contributed by atoms with E-state index < -0.39 is 0 Å². The quantitative estimate of drug-likeness (QED) is 0.914. The van der Waals surface area contributed by atoms with E-state index in [0.717, 1.165) is 22.9 Å². The van der Waals surface area contributed by atoms with Crippen molar-refractivity contribution < 1.29 is 4.39 Å². The highest BCUT2D eigenvalue weighted by Crippen LogP contribution is 2.47. The zero-order chi connectivity index (χ0) is 13.0. The molecule has 1 heterocycles. The van der Waals surface area contributed by atoms with Crippen LogP contribution in [-0.2, 0) is 0 Å². The third-order valence-electron chi connectivity index (χ3n) is 3.95. The van der Waals surface area contributed by atoms with Crippen LogP contribution in [0.5, 0.6) is 0 Å². The highest BCUT2D eigenvalue weighted by atomic mass is 19.1. The Morgan fingerprint density at radius 1 is 1.11 bits per heavy atom. The van der Waals surface area contributed by atoms with Gasteiger partial charge in [-0.05, 0) is 49.9 Å². The summed E-state index contributed by atoms with van der Waals surface area (Å²) >= 11 is 0. The predicted octanol–water partition coefficient (Wildman–Crippen LogP) is 3.48. The molecule has 3 nitrogen and oxygen atoms in total. The van der Waals surface area contributed by atoms with Crippen LogP contribution >= 0.6 is 0 Å². The minimum Gasteiger partial charge on any atom is -0.383 e. The molecule has 0 amide bonds. The van der Waals surface area contributed by atoms with Gasteiger partial charge in [-0.15, -0.1) is 0 Å². The van der Waals surface area contributed by atoms with E-state index in [1.54, 1.807) is 12.1 Å². The summed E-state index contributed by atoms with van der Waals surface area (Å²) in [5.74, 6) is 2.23. The topological polar surface area (TPSA) is 43.8 Å². The lowest BCUT2D eigenvalue weighted by Gasteiger charge is -2.07. The maximum absolute atomic E-state index is 13.0. The molecule has 0 radical (unpaired) electrons. The van der Waals surface area contributed by atoms with Gasteiger partial charge in [-0.25, -0.2) is 9.37 Å². The number of nitrogens with two attached hydrogens (primary N) is 1. The summed E-state index contributed by atoms with van der Waals surface area (Å²) in [5, 5.41) is 0. The predicted molar refractivity (Wildman–Crippen MR) is 72.3 cm³/mol. The zero-order valence-electron chi connectivity index (χ0n) is 10.6. The number of hydrogen-bond acceptors (Lipinski definition) is 2. The Kier molecular flexibility index (Phi) is 2.22. The fourth-order valence-corrected chi connectivity index (χ4v) is 2.63. The summed E-state index contributed by atoms with van der Waals surface area (Å²) in [6.07, 6.45) is 4.82. The van der Waals surface area contributed by atoms with Crippen molar-refractivity contribution in [1.29, 1.82) is 0 Å². The number of nitrogen functional groups attached to an aromatic ring is 1. The molecule has 2 fully saturated rings. The second-order valence-electron chi connectivity index (χ2n) is 5.59. The van der Waals surface area contributed by atoms with E-state index in [9.17, 15) is 4.39 Å². The number of benzene rings is 1. The lowest BCUT2D eigenvalue weighted by molar-refractivity contribution is 0.628. The number of halogens is 1. The second kappa shape index (κ2) is 3.83. The molecule has 2 aliphatic rings. The fourth-order valence-electron chi connectivity index (χ4n) is 2.63. The van der Waals surface area contributed by atoms with Crippen LogP contribution in [0.3, 0.4) is 0 Å². The highest BCUT2D eigenvalue weighted by molar-refractivity contribution is 5.71. The molecule has 1 aromatic carbocycles. The van der Waals surface area contributed by atoms with Gasteiger partial charge in [0.1, 0.15) is 23.2 Å². The van der Waals surface area contributed by atoms with E-state index in [-0.39, 0.29) is 5.82 Å². The van der Waals surface area contributed by atoms with Crippen molar-refractivity contribution in [3.8, 4) is 11.3 Å². The molecule has 0 unspecified atom stereocenters. The van der Waals surface area contributed by atoms with Crippen molar-refractivity contribution in [1.82, 2.24) is 9.55 Å². The van der Waals surface area contributed by atoms with Crippen LogP contribution < -0.4 is 5.73 Å². The maximum atomic E-state index is 13.0. The molecule has 98 valence electrons. The van der Waals surface area contributed by atoms with Gasteiger partial charge in [-0.2, -0.15) is 0 Å². The van der Waals surface area contributed by atoms with Crippen LogP contribution in [0.25, 0.3) is 11.3 Å². The van der Waals surface area contributed by atoms with E-state index in [0.29, 0.717) is 12.0 Å². The van der Waals surface area contributed by atoms with E-state index in [1.165, 1.54) is 37.8 Å². The average Bonchev–Trinajstić information content (AvgIpc) is 3.30. The Morgan fingerprint density at radius 3 is 2.37 bits per heavy atom. The van der Waals surface area contributed by atoms with Crippen molar-refractivity contribution in [2.75, 3.05) is 5.73 Å². The largest absolute Gasteiger partial charge is 0.383 e. The number of hydrogen-bond donors (Lipinski definition) is 1. The average molecular weight is 257 g/mol. The number of imidazole rings is 1. The van der Waals surface area contributed by atoms with Crippen LogP contribution in [0.1, 0.15) is 43.5 Å². The minimum absolute atomic E-state index is 0.230. The third-order valence-corrected chi connectivity index (χ3v) is 3.95. The maximum Gasteiger partial charge on any atom is 0.132 e. The van der Waals surface area contributed by atoms with Crippen LogP contribution in [0.4, 0.5) is 10.2 Å². The Hall–Kier alpha value is -1.84. The minimum atomic E-state index is -0.230. The summed E-state index contributed by atoms with van der Waals surface area (Å²) in [6.45, 7) is 0. The molecule has 2 saturated carbocycles. The molecule has 19 heavy (non-hydrogen) atoms. The molecule has 2 aliphatic carbocycles. The lowest BCUT2D eigenvalue weighted by atomic mass is 10.1. The summed E-state index contributed by atoms with van der Waals surface area (Å²) < 4.78 is 15.2. The molecule has 0 spiro atoms. The summed E-state index contributed by atoms with van der Waals surface area (Å²) in [5.41, 5.74) is 8.00. The number of rotatable bonds is 3. The van der Waals surface area contributed by atoms with Gasteiger partial charge in [0.25, 0.3) is 0 Å². The molecule has 4 rings (SSSR count). The second-order valence-corrected chi connectivity index (χ2v) is 5.59. The first-order chi connectivity index (χ1) is 9.24. The highest BCUT2D eigenvalue weighted by Gasteiger charge is 2.36. The Morgan fingerprint density at radius 2 is 1.79 bits per heavy atom. The standard InChI is InChI=1S/C15H16FN3/c16-11-5-3-9(4-6-11)13-14(17)19(12-7-8-12)15(18-13)10-1-2-10/h3-6,10,12H,1-2,7-8,17H2. The molecule has 0 aliphatic heterocycles. The Bertz CT molecular complexity index is 622. The van der Waals surface area contributed by atoms with Crippen LogP contribution in [-0.4, -0.2) is 9.55 Å². The number of anilines is 1. The molecule has 0 saturated heterocycles. The molecular weight excluding hydrogens is 241 g/mol. The van der Waals surface area contributed by atoms with Gasteiger partial charge in [0, 0.05) is 17.5 Å². The summed E-state index contributed by atoms with van der Waals surface area (Å²) in [4.78, 5) is 4.75. The molecule has 4 heteroatoms. The van der Waals surface area contributed by atoms with Crippen molar-refractivity contribution in [3.05, 3.63) is 35.9 Å². The molecule has 2 aromatic rings. The van der Waals surface area contributed by atoms with E-state index in [1.807, 2.05) is 0 Å². The van der Waals surface area contributed by atoms with Crippen molar-refractivity contribution in [2.45, 2.75) is 37.6 Å². The van der Waals surface area contributed by atoms with Gasteiger partial charge >= 0.3 is 0 Å². The monoisotopic (exact) mass is 257 g/mol. The smallest absolute Gasteiger partial charge is 0.132 e. The molecule has 2 N–H and O–H groups in total. The van der Waals surface area contributed by atoms with Gasteiger partial charge in [0.2, 0.25) is 0 Å². The van der Waals surface area contributed by atoms with Crippen molar-refractivity contribution >= 4 is 5.82 Å². The van der Waals surface area contributed by atoms with Crippen LogP contribution in [0.15, 0.2) is 24.3 Å². The third kappa shape index (κ3) is 1.82. The van der Waals surface area contributed by atoms with Gasteiger partial charge in [-0.1, -0.05) is 0 Å². The summed E-state index contributed by atoms with van der Waals surface area (Å²) in [6, 6.07) is 6.96. The number of aromatic nitrogens is 2. The van der Waals surface area contributed by atoms with Crippen molar-refractivity contribution in [3.63, 3.8) is 0 Å².